The number of Topliss-reactive ketones (excluding diaryl/α,β-unsaturated/α-hetero) is 1. The van der Waals surface area contributed by atoms with Gasteiger partial charge in [0.05, 0.1) is 19.8 Å². The van der Waals surface area contributed by atoms with E-state index in [1.165, 1.54) is 7.11 Å². The highest BCUT2D eigenvalue weighted by Gasteiger charge is 2.56. The number of esters is 1. The van der Waals surface area contributed by atoms with Gasteiger partial charge in [0.15, 0.2) is 11.2 Å². The number of benzene rings is 1. The van der Waals surface area contributed by atoms with Gasteiger partial charge >= 0.3 is 12.1 Å². The molecule has 23 heavy (non-hydrogen) atoms. The summed E-state index contributed by atoms with van der Waals surface area (Å²) in [5.74, 6) is -0.797. The second-order valence-electron chi connectivity index (χ2n) is 5.45. The predicted octanol–water partition coefficient (Wildman–Crippen LogP) is 2.39. The van der Waals surface area contributed by atoms with Crippen molar-refractivity contribution < 1.29 is 23.9 Å². The topological polar surface area (TPSA) is 81.7 Å². The highest BCUT2D eigenvalue weighted by Crippen LogP contribution is 2.46. The molecule has 2 atom stereocenters. The quantitative estimate of drug-likeness (QED) is 0.665. The van der Waals surface area contributed by atoms with Crippen molar-refractivity contribution in [2.45, 2.75) is 32.2 Å². The van der Waals surface area contributed by atoms with Crippen LogP contribution in [0.1, 0.15) is 37.8 Å². The molecule has 2 rings (SSSR count). The molecule has 0 spiro atoms. The van der Waals surface area contributed by atoms with Crippen molar-refractivity contribution in [2.24, 2.45) is 5.41 Å². The van der Waals surface area contributed by atoms with E-state index in [9.17, 15) is 14.4 Å². The first kappa shape index (κ1) is 17.0. The van der Waals surface area contributed by atoms with Crippen LogP contribution in [-0.4, -0.2) is 31.6 Å². The van der Waals surface area contributed by atoms with Crippen LogP contribution in [-0.2, 0) is 19.1 Å². The summed E-state index contributed by atoms with van der Waals surface area (Å²) in [6, 6.07) is 8.14. The summed E-state index contributed by atoms with van der Waals surface area (Å²) in [5.41, 5.74) is -0.729. The molecular weight excluding hydrogens is 298 g/mol. The number of rotatable bonds is 5. The summed E-state index contributed by atoms with van der Waals surface area (Å²) in [6.45, 7) is 1.86. The monoisotopic (exact) mass is 319 g/mol. The van der Waals surface area contributed by atoms with E-state index in [4.69, 9.17) is 4.74 Å². The van der Waals surface area contributed by atoms with Gasteiger partial charge in [-0.15, -0.1) is 0 Å². The Balaban J connectivity index is 2.50. The number of methoxy groups -OCH3 is 1. The molecule has 1 aromatic rings. The normalized spacial score (nSPS) is 21.6. The Morgan fingerprint density at radius 3 is 2.52 bits per heavy atom. The van der Waals surface area contributed by atoms with Gasteiger partial charge in [-0.25, -0.2) is 4.79 Å². The first-order valence-electron chi connectivity index (χ1n) is 7.66. The highest BCUT2D eigenvalue weighted by atomic mass is 16.5. The van der Waals surface area contributed by atoms with Gasteiger partial charge in [0.2, 0.25) is 0 Å². The van der Waals surface area contributed by atoms with Crippen LogP contribution >= 0.6 is 0 Å². The molecule has 1 fully saturated rings. The van der Waals surface area contributed by atoms with Gasteiger partial charge in [0, 0.05) is 6.42 Å². The average Bonchev–Trinajstić information content (AvgIpc) is 2.95. The maximum absolute atomic E-state index is 12.6. The van der Waals surface area contributed by atoms with Gasteiger partial charge < -0.3 is 14.8 Å². The maximum atomic E-state index is 12.6. The minimum Gasteiger partial charge on any atom is -0.465 e. The molecule has 6 heteroatoms. The van der Waals surface area contributed by atoms with Gasteiger partial charge in [-0.05, 0) is 25.3 Å². The molecule has 1 amide bonds. The Morgan fingerprint density at radius 1 is 1.30 bits per heavy atom. The molecule has 1 N–H and O–H groups in total. The fourth-order valence-corrected chi connectivity index (χ4v) is 3.10. The lowest BCUT2D eigenvalue weighted by atomic mass is 9.74. The largest absolute Gasteiger partial charge is 0.465 e. The molecule has 0 aliphatic heterocycles. The first-order valence-corrected chi connectivity index (χ1v) is 7.66. The van der Waals surface area contributed by atoms with E-state index in [2.05, 4.69) is 10.1 Å². The Bertz CT molecular complexity index is 586. The highest BCUT2D eigenvalue weighted by molar-refractivity contribution is 6.06. The zero-order chi connectivity index (χ0) is 16.9. The number of amides is 1. The third-order valence-electron chi connectivity index (χ3n) is 4.19. The van der Waals surface area contributed by atoms with Crippen LogP contribution in [0.2, 0.25) is 0 Å². The second kappa shape index (κ2) is 7.26. The van der Waals surface area contributed by atoms with E-state index < -0.39 is 23.5 Å². The third-order valence-corrected chi connectivity index (χ3v) is 4.19. The lowest BCUT2D eigenvalue weighted by Crippen LogP contribution is -2.49. The maximum Gasteiger partial charge on any atom is 0.407 e. The van der Waals surface area contributed by atoms with Crippen molar-refractivity contribution in [3.63, 3.8) is 0 Å². The molecule has 1 aliphatic carbocycles. The first-order chi connectivity index (χ1) is 11.1. The summed E-state index contributed by atoms with van der Waals surface area (Å²) in [7, 11) is 1.24. The van der Waals surface area contributed by atoms with Gasteiger partial charge in [0.1, 0.15) is 0 Å². The van der Waals surface area contributed by atoms with Crippen LogP contribution in [0.3, 0.4) is 0 Å². The lowest BCUT2D eigenvalue weighted by molar-refractivity contribution is -0.161. The summed E-state index contributed by atoms with van der Waals surface area (Å²) < 4.78 is 9.83. The minimum absolute atomic E-state index is 0.174. The molecule has 0 heterocycles. The Labute approximate surface area is 135 Å². The molecule has 6 nitrogen and oxygen atoms in total. The van der Waals surface area contributed by atoms with Gasteiger partial charge in [-0.3, -0.25) is 9.59 Å². The number of ketones is 1. The molecule has 1 aliphatic rings. The zero-order valence-electron chi connectivity index (χ0n) is 13.3. The number of carbonyl (C=O) groups is 3. The van der Waals surface area contributed by atoms with Gasteiger partial charge in [-0.1, -0.05) is 30.3 Å². The zero-order valence-corrected chi connectivity index (χ0v) is 13.3. The fraction of sp³-hybridized carbons (Fsp3) is 0.471. The Kier molecular flexibility index (Phi) is 5.36. The number of alkyl carbamates (subject to hydrolysis) is 1. The van der Waals surface area contributed by atoms with E-state index >= 15 is 0 Å². The van der Waals surface area contributed by atoms with Crippen molar-refractivity contribution in [3.8, 4) is 0 Å². The third kappa shape index (κ3) is 3.21. The van der Waals surface area contributed by atoms with Crippen molar-refractivity contribution in [1.29, 1.82) is 0 Å². The van der Waals surface area contributed by atoms with E-state index in [1.54, 1.807) is 31.2 Å². The predicted molar refractivity (Wildman–Crippen MR) is 82.6 cm³/mol. The molecule has 0 bridgehead atoms. The molecule has 1 unspecified atom stereocenters. The summed E-state index contributed by atoms with van der Waals surface area (Å²) >= 11 is 0. The van der Waals surface area contributed by atoms with Crippen molar-refractivity contribution >= 4 is 17.8 Å². The van der Waals surface area contributed by atoms with Crippen LogP contribution in [0.4, 0.5) is 4.79 Å². The number of hydrogen-bond acceptors (Lipinski definition) is 5. The van der Waals surface area contributed by atoms with Crippen LogP contribution in [0.25, 0.3) is 0 Å². The second-order valence-corrected chi connectivity index (χ2v) is 5.45. The van der Waals surface area contributed by atoms with Crippen molar-refractivity contribution in [1.82, 2.24) is 5.32 Å². The van der Waals surface area contributed by atoms with Crippen molar-refractivity contribution in [2.75, 3.05) is 13.7 Å². The smallest absolute Gasteiger partial charge is 0.407 e. The Hall–Kier alpha value is -2.37. The summed E-state index contributed by atoms with van der Waals surface area (Å²) in [5, 5.41) is 2.65. The summed E-state index contributed by atoms with van der Waals surface area (Å²) in [4.78, 5) is 37.0. The summed E-state index contributed by atoms with van der Waals surface area (Å²) in [6.07, 6.45) is 0.533. The molecule has 1 saturated carbocycles. The van der Waals surface area contributed by atoms with E-state index in [-0.39, 0.29) is 12.4 Å². The average molecular weight is 319 g/mol. The number of hydrogen-bond donors (Lipinski definition) is 1. The molecule has 0 saturated heterocycles. The van der Waals surface area contributed by atoms with Crippen LogP contribution in [0.15, 0.2) is 30.3 Å². The lowest BCUT2D eigenvalue weighted by Gasteiger charge is -2.34. The number of nitrogens with one attached hydrogen (secondary N) is 1. The van der Waals surface area contributed by atoms with E-state index in [0.717, 1.165) is 0 Å². The van der Waals surface area contributed by atoms with Crippen LogP contribution in [0.5, 0.6) is 0 Å². The molecule has 1 aromatic carbocycles. The van der Waals surface area contributed by atoms with Gasteiger partial charge in [0.25, 0.3) is 0 Å². The number of carbonyl (C=O) groups excluding carboxylic acids is 3. The molecule has 0 radical (unpaired) electrons. The standard InChI is InChI=1S/C17H21NO5/c1-3-23-15(20)17(11-7-10-13(17)19)14(18-16(21)22-2)12-8-5-4-6-9-12/h4-6,8-9,14H,3,7,10-11H2,1-2H3,(H,18,21)/t14?,17-/m1/s1. The number of ether oxygens (including phenoxy) is 2. The molecule has 124 valence electrons. The minimum atomic E-state index is -1.40. The van der Waals surface area contributed by atoms with E-state index in [1.807, 2.05) is 6.07 Å². The van der Waals surface area contributed by atoms with Gasteiger partial charge in [-0.2, -0.15) is 0 Å². The van der Waals surface area contributed by atoms with E-state index in [0.29, 0.717) is 24.8 Å². The molecular formula is C17H21NO5. The fourth-order valence-electron chi connectivity index (χ4n) is 3.10. The molecule has 0 aromatic heterocycles. The van der Waals surface area contributed by atoms with Crippen LogP contribution in [0, 0.1) is 5.41 Å². The van der Waals surface area contributed by atoms with Crippen LogP contribution < -0.4 is 5.32 Å². The van der Waals surface area contributed by atoms with Crippen molar-refractivity contribution in [3.05, 3.63) is 35.9 Å². The Morgan fingerprint density at radius 2 is 2.00 bits per heavy atom. The SMILES string of the molecule is CCOC(=O)[C@]1(C(NC(=O)OC)c2ccccc2)CCCC1=O.